The Morgan fingerprint density at radius 3 is 2.62 bits per heavy atom. The van der Waals surface area contributed by atoms with Gasteiger partial charge in [0.05, 0.1) is 15.9 Å². The topological polar surface area (TPSA) is 43.8 Å². The van der Waals surface area contributed by atoms with Gasteiger partial charge in [-0.05, 0) is 72.7 Å². The number of hydrogen-bond acceptors (Lipinski definition) is 2. The van der Waals surface area contributed by atoms with E-state index in [1.54, 1.807) is 0 Å². The van der Waals surface area contributed by atoms with Gasteiger partial charge in [0.1, 0.15) is 0 Å². The van der Waals surface area contributed by atoms with Gasteiger partial charge in [0, 0.05) is 12.6 Å². The lowest BCUT2D eigenvalue weighted by molar-refractivity contribution is 0.187. The molecular formula is C17H30BrN3. The molecule has 3 unspecified atom stereocenters. The van der Waals surface area contributed by atoms with Crippen LogP contribution in [0.5, 0.6) is 0 Å². The van der Waals surface area contributed by atoms with Crippen molar-refractivity contribution in [2.75, 3.05) is 0 Å². The quantitative estimate of drug-likeness (QED) is 0.861. The number of nitrogens with zero attached hydrogens (tertiary/aromatic N) is 2. The summed E-state index contributed by atoms with van der Waals surface area (Å²) in [4.78, 5) is 0. The van der Waals surface area contributed by atoms with Crippen molar-refractivity contribution >= 4 is 15.9 Å². The molecule has 3 nitrogen and oxygen atoms in total. The van der Waals surface area contributed by atoms with E-state index >= 15 is 0 Å². The van der Waals surface area contributed by atoms with E-state index in [9.17, 15) is 0 Å². The van der Waals surface area contributed by atoms with E-state index in [-0.39, 0.29) is 0 Å². The predicted octanol–water partition coefficient (Wildman–Crippen LogP) is 4.17. The lowest BCUT2D eigenvalue weighted by atomic mass is 9.72. The van der Waals surface area contributed by atoms with Gasteiger partial charge in [-0.15, -0.1) is 0 Å². The maximum atomic E-state index is 6.43. The van der Waals surface area contributed by atoms with Crippen molar-refractivity contribution in [1.82, 2.24) is 9.78 Å². The van der Waals surface area contributed by atoms with Crippen LogP contribution in [0, 0.1) is 17.8 Å². The number of halogens is 1. The molecule has 2 rings (SSSR count). The normalized spacial score (nSPS) is 26.5. The van der Waals surface area contributed by atoms with Crippen LogP contribution in [0.3, 0.4) is 0 Å². The molecule has 0 radical (unpaired) electrons. The smallest absolute Gasteiger partial charge is 0.0766 e. The molecule has 1 saturated carbocycles. The highest BCUT2D eigenvalue weighted by Gasteiger charge is 2.31. The Morgan fingerprint density at radius 1 is 1.33 bits per heavy atom. The maximum Gasteiger partial charge on any atom is 0.0766 e. The van der Waals surface area contributed by atoms with E-state index in [0.717, 1.165) is 31.2 Å². The Morgan fingerprint density at radius 2 is 2.05 bits per heavy atom. The molecule has 3 atom stereocenters. The van der Waals surface area contributed by atoms with Crippen molar-refractivity contribution in [3.63, 3.8) is 0 Å². The number of nitrogens with two attached hydrogens (primary N) is 1. The molecule has 0 bridgehead atoms. The third kappa shape index (κ3) is 3.70. The summed E-state index contributed by atoms with van der Waals surface area (Å²) in [7, 11) is 0. The standard InChI is InChI=1S/C17H30BrN3/c1-5-15-17(18)16(21(6-2)20-15)10-13-9-12(11(3)4)7-8-14(13)19/h11-14H,5-10,19H2,1-4H3. The van der Waals surface area contributed by atoms with Crippen LogP contribution in [0.4, 0.5) is 0 Å². The molecule has 0 amide bonds. The van der Waals surface area contributed by atoms with Gasteiger partial charge in [0.25, 0.3) is 0 Å². The average Bonchev–Trinajstić information content (AvgIpc) is 2.77. The molecule has 1 fully saturated rings. The van der Waals surface area contributed by atoms with E-state index in [1.165, 1.54) is 35.1 Å². The number of aromatic nitrogens is 2. The van der Waals surface area contributed by atoms with Crippen LogP contribution in [-0.4, -0.2) is 15.8 Å². The molecule has 0 spiro atoms. The molecule has 4 heteroatoms. The summed E-state index contributed by atoms with van der Waals surface area (Å²) in [6.45, 7) is 9.96. The second-order valence-electron chi connectivity index (χ2n) is 6.82. The molecule has 120 valence electrons. The molecule has 1 aromatic heterocycles. The van der Waals surface area contributed by atoms with Crippen molar-refractivity contribution in [3.8, 4) is 0 Å². The first-order chi connectivity index (χ1) is 9.97. The first-order valence-electron chi connectivity index (χ1n) is 8.47. The summed E-state index contributed by atoms with van der Waals surface area (Å²) < 4.78 is 3.37. The van der Waals surface area contributed by atoms with Gasteiger partial charge in [-0.2, -0.15) is 5.10 Å². The zero-order valence-electron chi connectivity index (χ0n) is 13.9. The van der Waals surface area contributed by atoms with Crippen LogP contribution in [0.2, 0.25) is 0 Å². The van der Waals surface area contributed by atoms with E-state index in [1.807, 2.05) is 0 Å². The SMILES string of the molecule is CCc1nn(CC)c(CC2CC(C(C)C)CCC2N)c1Br. The first kappa shape index (κ1) is 17.0. The van der Waals surface area contributed by atoms with Crippen molar-refractivity contribution in [3.05, 3.63) is 15.9 Å². The van der Waals surface area contributed by atoms with Crippen molar-refractivity contribution < 1.29 is 0 Å². The fourth-order valence-corrected chi connectivity index (χ4v) is 4.35. The largest absolute Gasteiger partial charge is 0.327 e. The Hall–Kier alpha value is -0.350. The Balaban J connectivity index is 2.18. The molecular weight excluding hydrogens is 326 g/mol. The van der Waals surface area contributed by atoms with E-state index in [0.29, 0.717) is 12.0 Å². The number of rotatable bonds is 5. The minimum atomic E-state index is 0.345. The summed E-state index contributed by atoms with van der Waals surface area (Å²) in [6.07, 6.45) is 5.77. The molecule has 1 aliphatic rings. The van der Waals surface area contributed by atoms with Crippen LogP contribution < -0.4 is 5.73 Å². The zero-order valence-corrected chi connectivity index (χ0v) is 15.5. The summed E-state index contributed by atoms with van der Waals surface area (Å²) in [5, 5.41) is 4.72. The highest BCUT2D eigenvalue weighted by atomic mass is 79.9. The maximum absolute atomic E-state index is 6.43. The van der Waals surface area contributed by atoms with E-state index in [4.69, 9.17) is 10.8 Å². The molecule has 21 heavy (non-hydrogen) atoms. The summed E-state index contributed by atoms with van der Waals surface area (Å²) in [5.74, 6) is 2.19. The number of aryl methyl sites for hydroxylation is 2. The summed E-state index contributed by atoms with van der Waals surface area (Å²) in [6, 6.07) is 0.345. The Kier molecular flexibility index (Phi) is 5.89. The summed E-state index contributed by atoms with van der Waals surface area (Å²) in [5.41, 5.74) is 8.95. The second kappa shape index (κ2) is 7.28. The second-order valence-corrected chi connectivity index (χ2v) is 7.61. The highest BCUT2D eigenvalue weighted by Crippen LogP contribution is 2.36. The fraction of sp³-hybridized carbons (Fsp3) is 0.824. The average molecular weight is 356 g/mol. The van der Waals surface area contributed by atoms with Crippen LogP contribution in [-0.2, 0) is 19.4 Å². The van der Waals surface area contributed by atoms with Gasteiger partial charge in [-0.3, -0.25) is 4.68 Å². The van der Waals surface area contributed by atoms with E-state index in [2.05, 4.69) is 48.3 Å². The molecule has 1 aliphatic carbocycles. The monoisotopic (exact) mass is 355 g/mol. The third-order valence-electron chi connectivity index (χ3n) is 5.17. The highest BCUT2D eigenvalue weighted by molar-refractivity contribution is 9.10. The Bertz CT molecular complexity index is 467. The van der Waals surface area contributed by atoms with Crippen molar-refractivity contribution in [2.24, 2.45) is 23.5 Å². The minimum absolute atomic E-state index is 0.345. The van der Waals surface area contributed by atoms with Crippen molar-refractivity contribution in [1.29, 1.82) is 0 Å². The van der Waals surface area contributed by atoms with Gasteiger partial charge in [0.15, 0.2) is 0 Å². The third-order valence-corrected chi connectivity index (χ3v) is 6.09. The van der Waals surface area contributed by atoms with Gasteiger partial charge in [-0.25, -0.2) is 0 Å². The van der Waals surface area contributed by atoms with Gasteiger partial charge >= 0.3 is 0 Å². The predicted molar refractivity (Wildman–Crippen MR) is 92.3 cm³/mol. The van der Waals surface area contributed by atoms with Gasteiger partial charge in [-0.1, -0.05) is 20.8 Å². The van der Waals surface area contributed by atoms with Gasteiger partial charge in [0.2, 0.25) is 0 Å². The minimum Gasteiger partial charge on any atom is -0.327 e. The molecule has 0 saturated heterocycles. The fourth-order valence-electron chi connectivity index (χ4n) is 3.62. The zero-order chi connectivity index (χ0) is 15.6. The van der Waals surface area contributed by atoms with Crippen LogP contribution in [0.1, 0.15) is 58.3 Å². The van der Waals surface area contributed by atoms with Crippen LogP contribution in [0.15, 0.2) is 4.47 Å². The van der Waals surface area contributed by atoms with Crippen molar-refractivity contribution in [2.45, 2.75) is 72.4 Å². The Labute approximate surface area is 137 Å². The molecule has 1 aromatic rings. The number of hydrogen-bond donors (Lipinski definition) is 1. The molecule has 0 aromatic carbocycles. The first-order valence-corrected chi connectivity index (χ1v) is 9.26. The lowest BCUT2D eigenvalue weighted by Crippen LogP contribution is -2.38. The molecule has 1 heterocycles. The van der Waals surface area contributed by atoms with Crippen LogP contribution >= 0.6 is 15.9 Å². The van der Waals surface area contributed by atoms with Gasteiger partial charge < -0.3 is 5.73 Å². The molecule has 0 aliphatic heterocycles. The summed E-state index contributed by atoms with van der Waals surface area (Å²) >= 11 is 3.77. The lowest BCUT2D eigenvalue weighted by Gasteiger charge is -2.36. The van der Waals surface area contributed by atoms with Crippen LogP contribution in [0.25, 0.3) is 0 Å². The molecule has 2 N–H and O–H groups in total. The van der Waals surface area contributed by atoms with E-state index < -0.39 is 0 Å².